The number of carbonyl (C=O) groups excluding carboxylic acids is 1. The van der Waals surface area contributed by atoms with E-state index in [-0.39, 0.29) is 17.2 Å². The topological polar surface area (TPSA) is 92.4 Å². The van der Waals surface area contributed by atoms with Crippen molar-refractivity contribution in [1.82, 2.24) is 0 Å². The minimum Gasteiger partial charge on any atom is -0.478 e. The number of rotatable bonds is 3. The number of carbonyl (C=O) groups is 2. The Kier molecular flexibility index (Phi) is 3.93. The summed E-state index contributed by atoms with van der Waals surface area (Å²) in [6.45, 7) is 3.77. The number of anilines is 2. The van der Waals surface area contributed by atoms with Gasteiger partial charge in [0.05, 0.1) is 11.3 Å². The van der Waals surface area contributed by atoms with Crippen LogP contribution in [0.1, 0.15) is 31.8 Å². The van der Waals surface area contributed by atoms with Crippen molar-refractivity contribution < 1.29 is 14.7 Å². The van der Waals surface area contributed by atoms with Gasteiger partial charge in [0, 0.05) is 11.3 Å². The van der Waals surface area contributed by atoms with Crippen LogP contribution < -0.4 is 11.1 Å². The second-order valence-electron chi connectivity index (χ2n) is 4.81. The Bertz CT molecular complexity index is 723. The fourth-order valence-electron chi connectivity index (χ4n) is 2.03. The van der Waals surface area contributed by atoms with Gasteiger partial charge < -0.3 is 16.2 Å². The summed E-state index contributed by atoms with van der Waals surface area (Å²) in [5, 5.41) is 11.8. The molecule has 0 saturated carbocycles. The van der Waals surface area contributed by atoms with Crippen LogP contribution in [0.3, 0.4) is 0 Å². The Balaban J connectivity index is 2.36. The number of nitrogens with one attached hydrogen (secondary N) is 1. The van der Waals surface area contributed by atoms with Gasteiger partial charge in [-0.05, 0) is 49.2 Å². The molecule has 0 aromatic heterocycles. The molecule has 0 aliphatic rings. The fraction of sp³-hybridized carbons (Fsp3) is 0.125. The molecule has 0 aliphatic heterocycles. The van der Waals surface area contributed by atoms with Gasteiger partial charge in [-0.15, -0.1) is 0 Å². The average Bonchev–Trinajstić information content (AvgIpc) is 2.43. The minimum absolute atomic E-state index is 0.0337. The third-order valence-electron chi connectivity index (χ3n) is 3.37. The summed E-state index contributed by atoms with van der Waals surface area (Å²) in [7, 11) is 0. The number of carboxylic acids is 1. The molecule has 0 bridgehead atoms. The normalized spacial score (nSPS) is 10.2. The lowest BCUT2D eigenvalue weighted by Gasteiger charge is -2.11. The van der Waals surface area contributed by atoms with Gasteiger partial charge in [0.15, 0.2) is 0 Å². The van der Waals surface area contributed by atoms with Crippen molar-refractivity contribution in [1.29, 1.82) is 0 Å². The third kappa shape index (κ3) is 3.02. The van der Waals surface area contributed by atoms with Crippen molar-refractivity contribution in [3.63, 3.8) is 0 Å². The number of carboxylic acid groups (broad SMARTS) is 1. The van der Waals surface area contributed by atoms with Crippen LogP contribution in [0, 0.1) is 13.8 Å². The van der Waals surface area contributed by atoms with E-state index in [0.29, 0.717) is 11.3 Å². The van der Waals surface area contributed by atoms with E-state index in [2.05, 4.69) is 5.32 Å². The van der Waals surface area contributed by atoms with E-state index in [4.69, 9.17) is 10.8 Å². The fourth-order valence-corrected chi connectivity index (χ4v) is 2.03. The van der Waals surface area contributed by atoms with Crippen LogP contribution in [0.25, 0.3) is 0 Å². The second-order valence-corrected chi connectivity index (χ2v) is 4.81. The molecule has 2 aromatic carbocycles. The summed E-state index contributed by atoms with van der Waals surface area (Å²) in [5.41, 5.74) is 8.48. The molecule has 0 aliphatic carbocycles. The first-order valence-electron chi connectivity index (χ1n) is 6.40. The SMILES string of the molecule is Cc1cccc(C(=O)Nc2ccc(N)cc2C(=O)O)c1C. The van der Waals surface area contributed by atoms with E-state index in [1.807, 2.05) is 19.9 Å². The zero-order valence-electron chi connectivity index (χ0n) is 11.8. The highest BCUT2D eigenvalue weighted by atomic mass is 16.4. The van der Waals surface area contributed by atoms with Gasteiger partial charge in [0.1, 0.15) is 0 Å². The molecule has 5 nitrogen and oxygen atoms in total. The van der Waals surface area contributed by atoms with Crippen molar-refractivity contribution >= 4 is 23.3 Å². The first kappa shape index (κ1) is 14.6. The van der Waals surface area contributed by atoms with Crippen molar-refractivity contribution in [3.05, 3.63) is 58.7 Å². The zero-order valence-corrected chi connectivity index (χ0v) is 11.8. The zero-order chi connectivity index (χ0) is 15.6. The predicted molar refractivity (Wildman–Crippen MR) is 81.7 cm³/mol. The van der Waals surface area contributed by atoms with Crippen LogP contribution in [-0.2, 0) is 0 Å². The summed E-state index contributed by atoms with van der Waals surface area (Å²) in [4.78, 5) is 23.5. The van der Waals surface area contributed by atoms with Gasteiger partial charge in [-0.25, -0.2) is 4.79 Å². The van der Waals surface area contributed by atoms with Gasteiger partial charge in [0.2, 0.25) is 0 Å². The maximum Gasteiger partial charge on any atom is 0.337 e. The highest BCUT2D eigenvalue weighted by molar-refractivity contribution is 6.08. The average molecular weight is 284 g/mol. The Morgan fingerprint density at radius 2 is 1.81 bits per heavy atom. The Morgan fingerprint density at radius 3 is 2.48 bits per heavy atom. The molecular formula is C16H16N2O3. The molecule has 5 heteroatoms. The van der Waals surface area contributed by atoms with Crippen LogP contribution >= 0.6 is 0 Å². The van der Waals surface area contributed by atoms with E-state index in [1.54, 1.807) is 18.2 Å². The molecule has 2 rings (SSSR count). The summed E-state index contributed by atoms with van der Waals surface area (Å²) < 4.78 is 0. The van der Waals surface area contributed by atoms with E-state index < -0.39 is 5.97 Å². The number of hydrogen-bond acceptors (Lipinski definition) is 3. The quantitative estimate of drug-likeness (QED) is 0.756. The highest BCUT2D eigenvalue weighted by Gasteiger charge is 2.15. The highest BCUT2D eigenvalue weighted by Crippen LogP contribution is 2.21. The summed E-state index contributed by atoms with van der Waals surface area (Å²) in [6.07, 6.45) is 0. The number of hydrogen-bond donors (Lipinski definition) is 3. The molecule has 0 atom stereocenters. The maximum absolute atomic E-state index is 12.3. The lowest BCUT2D eigenvalue weighted by atomic mass is 10.0. The largest absolute Gasteiger partial charge is 0.478 e. The third-order valence-corrected chi connectivity index (χ3v) is 3.37. The molecule has 0 unspecified atom stereocenters. The van der Waals surface area contributed by atoms with E-state index >= 15 is 0 Å². The first-order valence-corrected chi connectivity index (χ1v) is 6.40. The van der Waals surface area contributed by atoms with Gasteiger partial charge in [-0.1, -0.05) is 12.1 Å². The number of benzene rings is 2. The van der Waals surface area contributed by atoms with Crippen LogP contribution in [-0.4, -0.2) is 17.0 Å². The summed E-state index contributed by atoms with van der Waals surface area (Å²) >= 11 is 0. The van der Waals surface area contributed by atoms with Crippen LogP contribution in [0.15, 0.2) is 36.4 Å². The van der Waals surface area contributed by atoms with Gasteiger partial charge in [0.25, 0.3) is 5.91 Å². The number of nitrogen functional groups attached to an aromatic ring is 1. The molecule has 0 radical (unpaired) electrons. The summed E-state index contributed by atoms with van der Waals surface area (Å²) in [5.74, 6) is -1.48. The Hall–Kier alpha value is -2.82. The monoisotopic (exact) mass is 284 g/mol. The molecule has 108 valence electrons. The van der Waals surface area contributed by atoms with Crippen LogP contribution in [0.4, 0.5) is 11.4 Å². The van der Waals surface area contributed by atoms with Gasteiger partial charge >= 0.3 is 5.97 Å². The minimum atomic E-state index is -1.14. The second kappa shape index (κ2) is 5.66. The molecule has 2 aromatic rings. The number of nitrogens with two attached hydrogens (primary N) is 1. The van der Waals surface area contributed by atoms with Crippen LogP contribution in [0.2, 0.25) is 0 Å². The summed E-state index contributed by atoms with van der Waals surface area (Å²) in [6, 6.07) is 9.76. The first-order chi connectivity index (χ1) is 9.90. The molecule has 1 amide bonds. The number of aromatic carboxylic acids is 1. The lowest BCUT2D eigenvalue weighted by Crippen LogP contribution is -2.16. The van der Waals surface area contributed by atoms with Crippen LogP contribution in [0.5, 0.6) is 0 Å². The predicted octanol–water partition coefficient (Wildman–Crippen LogP) is 2.84. The van der Waals surface area contributed by atoms with Crippen molar-refractivity contribution in [2.24, 2.45) is 0 Å². The molecular weight excluding hydrogens is 268 g/mol. The molecule has 0 saturated heterocycles. The number of amides is 1. The maximum atomic E-state index is 12.3. The molecule has 0 heterocycles. The Morgan fingerprint density at radius 1 is 1.10 bits per heavy atom. The van der Waals surface area contributed by atoms with Crippen molar-refractivity contribution in [3.8, 4) is 0 Å². The lowest BCUT2D eigenvalue weighted by molar-refractivity contribution is 0.0698. The molecule has 0 spiro atoms. The van der Waals surface area contributed by atoms with Crippen molar-refractivity contribution in [2.45, 2.75) is 13.8 Å². The van der Waals surface area contributed by atoms with E-state index in [0.717, 1.165) is 11.1 Å². The van der Waals surface area contributed by atoms with E-state index in [1.165, 1.54) is 12.1 Å². The Labute approximate surface area is 122 Å². The molecule has 21 heavy (non-hydrogen) atoms. The van der Waals surface area contributed by atoms with Gasteiger partial charge in [-0.3, -0.25) is 4.79 Å². The van der Waals surface area contributed by atoms with Crippen molar-refractivity contribution in [2.75, 3.05) is 11.1 Å². The standard InChI is InChI=1S/C16H16N2O3/c1-9-4-3-5-12(10(9)2)15(19)18-14-7-6-11(17)8-13(14)16(20)21/h3-8H,17H2,1-2H3,(H,18,19)(H,20,21). The number of aryl methyl sites for hydroxylation is 1. The smallest absolute Gasteiger partial charge is 0.337 e. The van der Waals surface area contributed by atoms with Gasteiger partial charge in [-0.2, -0.15) is 0 Å². The molecule has 0 fully saturated rings. The molecule has 4 N–H and O–H groups in total. The van der Waals surface area contributed by atoms with E-state index in [9.17, 15) is 9.59 Å².